The third-order valence-electron chi connectivity index (χ3n) is 3.96. The summed E-state index contributed by atoms with van der Waals surface area (Å²) in [5.74, 6) is 0.469. The summed E-state index contributed by atoms with van der Waals surface area (Å²) in [7, 11) is 0. The summed E-state index contributed by atoms with van der Waals surface area (Å²) < 4.78 is 5.77. The van der Waals surface area contributed by atoms with Crippen LogP contribution in [0.25, 0.3) is 11.0 Å². The smallest absolute Gasteiger partial charge is 0.258 e. The highest BCUT2D eigenvalue weighted by Crippen LogP contribution is 2.32. The Morgan fingerprint density at radius 1 is 1.09 bits per heavy atom. The highest BCUT2D eigenvalue weighted by molar-refractivity contribution is 6.41. The molecule has 0 bridgehead atoms. The molecule has 1 aromatic heterocycles. The molecule has 0 spiro atoms. The van der Waals surface area contributed by atoms with Crippen LogP contribution in [-0.2, 0) is 0 Å². The van der Waals surface area contributed by atoms with Crippen molar-refractivity contribution in [3.8, 4) is 0 Å². The summed E-state index contributed by atoms with van der Waals surface area (Å²) in [6.45, 7) is 5.71. The van der Waals surface area contributed by atoms with Gasteiger partial charge >= 0.3 is 0 Å². The molecule has 3 nitrogen and oxygen atoms in total. The van der Waals surface area contributed by atoms with Gasteiger partial charge in [-0.2, -0.15) is 0 Å². The number of nitrogens with one attached hydrogen (secondary N) is 1. The molecular formula is C18H15Cl2NO2. The quantitative estimate of drug-likeness (QED) is 0.625. The number of rotatable bonds is 2. The van der Waals surface area contributed by atoms with Crippen LogP contribution in [0.3, 0.4) is 0 Å². The molecule has 0 aliphatic heterocycles. The SMILES string of the molecule is Cc1ccc(Cl)c(C(=O)Nc2cccc3c(C)c(C)oc23)c1Cl. The highest BCUT2D eigenvalue weighted by Gasteiger charge is 2.19. The molecule has 0 aliphatic rings. The van der Waals surface area contributed by atoms with Gasteiger partial charge < -0.3 is 9.73 Å². The molecule has 23 heavy (non-hydrogen) atoms. The number of fused-ring (bicyclic) bond motifs is 1. The standard InChI is InChI=1S/C18H15Cl2NO2/c1-9-7-8-13(19)15(16(9)20)18(22)21-14-6-4-5-12-10(2)11(3)23-17(12)14/h4-8H,1-3H3,(H,21,22). The van der Waals surface area contributed by atoms with Crippen LogP contribution in [0, 0.1) is 20.8 Å². The highest BCUT2D eigenvalue weighted by atomic mass is 35.5. The van der Waals surface area contributed by atoms with Crippen LogP contribution < -0.4 is 5.32 Å². The van der Waals surface area contributed by atoms with Gasteiger partial charge in [-0.05, 0) is 44.0 Å². The van der Waals surface area contributed by atoms with Crippen molar-refractivity contribution in [2.45, 2.75) is 20.8 Å². The van der Waals surface area contributed by atoms with Gasteiger partial charge in [-0.1, -0.05) is 41.4 Å². The molecule has 0 unspecified atom stereocenters. The summed E-state index contributed by atoms with van der Waals surface area (Å²) in [5.41, 5.74) is 3.37. The second-order valence-electron chi connectivity index (χ2n) is 5.47. The number of anilines is 1. The van der Waals surface area contributed by atoms with Crippen LogP contribution in [0.15, 0.2) is 34.7 Å². The van der Waals surface area contributed by atoms with Crippen LogP contribution in [0.4, 0.5) is 5.69 Å². The van der Waals surface area contributed by atoms with Gasteiger partial charge in [0.1, 0.15) is 5.76 Å². The first-order chi connectivity index (χ1) is 10.9. The normalized spacial score (nSPS) is 11.0. The van der Waals surface area contributed by atoms with Crippen LogP contribution in [-0.4, -0.2) is 5.91 Å². The largest absolute Gasteiger partial charge is 0.459 e. The molecular weight excluding hydrogens is 333 g/mol. The summed E-state index contributed by atoms with van der Waals surface area (Å²) in [6.07, 6.45) is 0. The predicted molar refractivity (Wildman–Crippen MR) is 94.8 cm³/mol. The van der Waals surface area contributed by atoms with Crippen LogP contribution in [0.5, 0.6) is 0 Å². The predicted octanol–water partition coefficient (Wildman–Crippen LogP) is 5.92. The van der Waals surface area contributed by atoms with Gasteiger partial charge in [0.05, 0.1) is 21.3 Å². The third-order valence-corrected chi connectivity index (χ3v) is 4.76. The minimum atomic E-state index is -0.358. The number of hydrogen-bond donors (Lipinski definition) is 1. The van der Waals surface area contributed by atoms with Crippen molar-refractivity contribution in [3.05, 3.63) is 62.8 Å². The molecule has 3 aromatic rings. The molecule has 1 amide bonds. The maximum absolute atomic E-state index is 12.6. The Morgan fingerprint density at radius 2 is 1.83 bits per heavy atom. The van der Waals surface area contributed by atoms with Gasteiger partial charge in [0, 0.05) is 5.39 Å². The van der Waals surface area contributed by atoms with E-state index in [9.17, 15) is 4.79 Å². The van der Waals surface area contributed by atoms with Gasteiger partial charge in [-0.3, -0.25) is 4.79 Å². The molecule has 118 valence electrons. The third kappa shape index (κ3) is 2.71. The van der Waals surface area contributed by atoms with Gasteiger partial charge in [0.15, 0.2) is 5.58 Å². The molecule has 1 heterocycles. The van der Waals surface area contributed by atoms with Crippen molar-refractivity contribution in [1.29, 1.82) is 0 Å². The number of carbonyl (C=O) groups is 1. The van der Waals surface area contributed by atoms with Crippen LogP contribution in [0.1, 0.15) is 27.2 Å². The van der Waals surface area contributed by atoms with Gasteiger partial charge in [0.25, 0.3) is 5.91 Å². The number of para-hydroxylation sites is 1. The van der Waals surface area contributed by atoms with Crippen LogP contribution >= 0.6 is 23.2 Å². The molecule has 0 aliphatic carbocycles. The van der Waals surface area contributed by atoms with E-state index in [4.69, 9.17) is 27.6 Å². The minimum absolute atomic E-state index is 0.269. The van der Waals surface area contributed by atoms with Gasteiger partial charge in [-0.15, -0.1) is 0 Å². The molecule has 5 heteroatoms. The monoisotopic (exact) mass is 347 g/mol. The topological polar surface area (TPSA) is 42.2 Å². The lowest BCUT2D eigenvalue weighted by Crippen LogP contribution is -2.13. The Hall–Kier alpha value is -1.97. The second-order valence-corrected chi connectivity index (χ2v) is 6.26. The lowest BCUT2D eigenvalue weighted by Gasteiger charge is -2.10. The van der Waals surface area contributed by atoms with E-state index in [0.29, 0.717) is 21.3 Å². The molecule has 0 radical (unpaired) electrons. The number of carbonyl (C=O) groups excluding carboxylic acids is 1. The average molecular weight is 348 g/mol. The fourth-order valence-corrected chi connectivity index (χ4v) is 3.05. The van der Waals surface area contributed by atoms with Crippen molar-refractivity contribution in [2.24, 2.45) is 0 Å². The number of aryl methyl sites for hydroxylation is 3. The summed E-state index contributed by atoms with van der Waals surface area (Å²) >= 11 is 12.4. The Bertz CT molecular complexity index is 928. The number of furan rings is 1. The van der Waals surface area contributed by atoms with E-state index in [-0.39, 0.29) is 11.5 Å². The number of amides is 1. The summed E-state index contributed by atoms with van der Waals surface area (Å²) in [6, 6.07) is 9.07. The average Bonchev–Trinajstić information content (AvgIpc) is 2.80. The Balaban J connectivity index is 2.05. The number of hydrogen-bond acceptors (Lipinski definition) is 2. The fraction of sp³-hybridized carbons (Fsp3) is 0.167. The van der Waals surface area contributed by atoms with E-state index in [1.807, 2.05) is 32.9 Å². The van der Waals surface area contributed by atoms with E-state index in [1.54, 1.807) is 18.2 Å². The van der Waals surface area contributed by atoms with Gasteiger partial charge in [-0.25, -0.2) is 0 Å². The molecule has 2 aromatic carbocycles. The minimum Gasteiger partial charge on any atom is -0.459 e. The zero-order valence-electron chi connectivity index (χ0n) is 13.0. The zero-order valence-corrected chi connectivity index (χ0v) is 14.5. The van der Waals surface area contributed by atoms with Crippen molar-refractivity contribution in [1.82, 2.24) is 0 Å². The maximum Gasteiger partial charge on any atom is 0.258 e. The van der Waals surface area contributed by atoms with E-state index >= 15 is 0 Å². The van der Waals surface area contributed by atoms with E-state index < -0.39 is 0 Å². The summed E-state index contributed by atoms with van der Waals surface area (Å²) in [4.78, 5) is 12.6. The summed E-state index contributed by atoms with van der Waals surface area (Å²) in [5, 5.41) is 4.50. The van der Waals surface area contributed by atoms with E-state index in [1.165, 1.54) is 0 Å². The first-order valence-corrected chi connectivity index (χ1v) is 7.90. The molecule has 0 saturated carbocycles. The first-order valence-electron chi connectivity index (χ1n) is 7.15. The van der Waals surface area contributed by atoms with Gasteiger partial charge in [0.2, 0.25) is 0 Å². The molecule has 0 fully saturated rings. The lowest BCUT2D eigenvalue weighted by molar-refractivity contribution is 0.102. The Kier molecular flexibility index (Phi) is 4.09. The second kappa shape index (κ2) is 5.91. The Labute approximate surface area is 144 Å². The molecule has 1 N–H and O–H groups in total. The number of benzene rings is 2. The van der Waals surface area contributed by atoms with Crippen LogP contribution in [0.2, 0.25) is 10.0 Å². The van der Waals surface area contributed by atoms with Crippen molar-refractivity contribution >= 4 is 45.8 Å². The molecule has 0 atom stereocenters. The van der Waals surface area contributed by atoms with E-state index in [2.05, 4.69) is 5.32 Å². The lowest BCUT2D eigenvalue weighted by atomic mass is 10.1. The van der Waals surface area contributed by atoms with Crippen molar-refractivity contribution in [2.75, 3.05) is 5.32 Å². The van der Waals surface area contributed by atoms with Crippen molar-refractivity contribution < 1.29 is 9.21 Å². The van der Waals surface area contributed by atoms with Crippen molar-refractivity contribution in [3.63, 3.8) is 0 Å². The van der Waals surface area contributed by atoms with E-state index in [0.717, 1.165) is 22.3 Å². The molecule has 0 saturated heterocycles. The maximum atomic E-state index is 12.6. The number of halogens is 2. The fourth-order valence-electron chi connectivity index (χ4n) is 2.51. The Morgan fingerprint density at radius 3 is 2.57 bits per heavy atom. The molecule has 3 rings (SSSR count). The first kappa shape index (κ1) is 15.9. The zero-order chi connectivity index (χ0) is 16.7.